The average Bonchev–Trinajstić information content (AvgIpc) is 3.35. The molecule has 32 heavy (non-hydrogen) atoms. The molecule has 7 heteroatoms. The molecule has 0 radical (unpaired) electrons. The summed E-state index contributed by atoms with van der Waals surface area (Å²) in [6.07, 6.45) is 0.229. The molecule has 1 atom stereocenters. The zero-order valence-corrected chi connectivity index (χ0v) is 18.1. The van der Waals surface area contributed by atoms with Gasteiger partial charge in [0.15, 0.2) is 0 Å². The van der Waals surface area contributed by atoms with Crippen LogP contribution in [0.2, 0.25) is 0 Å². The molecule has 0 spiro atoms. The molecule has 2 bridgehead atoms. The molecule has 2 aromatic carbocycles. The lowest BCUT2D eigenvalue weighted by atomic mass is 9.63. The van der Waals surface area contributed by atoms with E-state index in [-0.39, 0.29) is 23.8 Å². The molecule has 0 aromatic heterocycles. The Morgan fingerprint density at radius 2 is 1.66 bits per heavy atom. The molecule has 2 N–H and O–H groups in total. The minimum absolute atomic E-state index is 0.0693. The number of carbonyl (C=O) groups excluding carboxylic acids is 2. The average molecular weight is 434 g/mol. The summed E-state index contributed by atoms with van der Waals surface area (Å²) in [7, 11) is 0. The Bertz CT molecular complexity index is 1080. The molecule has 7 nitrogen and oxygen atoms in total. The van der Waals surface area contributed by atoms with Gasteiger partial charge in [0.2, 0.25) is 5.91 Å². The van der Waals surface area contributed by atoms with Gasteiger partial charge in [-0.15, -0.1) is 0 Å². The summed E-state index contributed by atoms with van der Waals surface area (Å²) in [5.41, 5.74) is 3.21. The van der Waals surface area contributed by atoms with E-state index in [1.807, 2.05) is 43.3 Å². The lowest BCUT2D eigenvalue weighted by molar-refractivity contribution is -0.160. The van der Waals surface area contributed by atoms with Gasteiger partial charge >= 0.3 is 12.1 Å². The Kier molecular flexibility index (Phi) is 4.55. The van der Waals surface area contributed by atoms with Crippen LogP contribution in [0.25, 0.3) is 11.1 Å². The molecule has 1 saturated carbocycles. The number of amides is 2. The third kappa shape index (κ3) is 2.98. The van der Waals surface area contributed by atoms with Crippen molar-refractivity contribution in [1.29, 1.82) is 0 Å². The van der Waals surface area contributed by atoms with Crippen LogP contribution in [-0.2, 0) is 14.3 Å². The first-order valence-corrected chi connectivity index (χ1v) is 10.9. The number of benzene rings is 2. The number of aliphatic carboxylic acids is 1. The predicted octanol–water partition coefficient (Wildman–Crippen LogP) is 3.38. The summed E-state index contributed by atoms with van der Waals surface area (Å²) >= 11 is 0. The predicted molar refractivity (Wildman–Crippen MR) is 117 cm³/mol. The second kappa shape index (κ2) is 7.08. The van der Waals surface area contributed by atoms with Gasteiger partial charge in [-0.05, 0) is 47.4 Å². The van der Waals surface area contributed by atoms with Crippen LogP contribution in [0.4, 0.5) is 4.79 Å². The van der Waals surface area contributed by atoms with Gasteiger partial charge in [-0.25, -0.2) is 9.59 Å². The van der Waals surface area contributed by atoms with Gasteiger partial charge < -0.3 is 20.1 Å². The van der Waals surface area contributed by atoms with Crippen LogP contribution >= 0.6 is 0 Å². The molecule has 2 aromatic rings. The largest absolute Gasteiger partial charge is 0.479 e. The first kappa shape index (κ1) is 20.5. The molecule has 3 fully saturated rings. The molecule has 2 heterocycles. The number of rotatable bonds is 5. The van der Waals surface area contributed by atoms with Crippen molar-refractivity contribution in [2.75, 3.05) is 13.2 Å². The zero-order chi connectivity index (χ0) is 22.7. The van der Waals surface area contributed by atoms with Crippen LogP contribution in [0.15, 0.2) is 48.5 Å². The van der Waals surface area contributed by atoms with Crippen molar-refractivity contribution in [2.45, 2.75) is 44.2 Å². The normalized spacial score (nSPS) is 26.0. The van der Waals surface area contributed by atoms with E-state index in [4.69, 9.17) is 4.74 Å². The van der Waals surface area contributed by atoms with Crippen molar-refractivity contribution < 1.29 is 24.2 Å². The quantitative estimate of drug-likeness (QED) is 0.752. The highest BCUT2D eigenvalue weighted by Crippen LogP contribution is 2.59. The van der Waals surface area contributed by atoms with Gasteiger partial charge in [-0.3, -0.25) is 4.79 Å². The standard InChI is InChI=1S/C25H26N2O5/c1-15(21(28)27-14-24(2)12-25(27,13-24)22(29)30)26-23(31)32-11-20-18-9-5-3-7-16(18)17-8-4-6-10-19(17)20/h3-10,15,20H,11-14H2,1-2H3,(H,26,31)(H,29,30)/t15-,24?,25?/m0/s1. The lowest BCUT2D eigenvalue weighted by Crippen LogP contribution is -2.59. The highest BCUT2D eigenvalue weighted by Gasteiger charge is 2.68. The number of hydrogen-bond acceptors (Lipinski definition) is 4. The number of hydrogen-bond donors (Lipinski definition) is 2. The molecule has 2 amide bonds. The molecule has 4 aliphatic rings. The fraction of sp³-hybridized carbons (Fsp3) is 0.400. The van der Waals surface area contributed by atoms with Crippen LogP contribution in [0.3, 0.4) is 0 Å². The SMILES string of the molecule is C[C@H](NC(=O)OCC1c2ccccc2-c2ccccc21)C(=O)N1CC2(C)CC1(C(=O)O)C2. The second-order valence-corrected chi connectivity index (χ2v) is 9.62. The number of nitrogens with one attached hydrogen (secondary N) is 1. The number of nitrogens with zero attached hydrogens (tertiary/aromatic N) is 1. The molecule has 0 unspecified atom stereocenters. The van der Waals surface area contributed by atoms with Gasteiger partial charge in [-0.1, -0.05) is 55.5 Å². The molecule has 2 aliphatic carbocycles. The highest BCUT2D eigenvalue weighted by molar-refractivity contribution is 5.93. The third-order valence-corrected chi connectivity index (χ3v) is 7.21. The van der Waals surface area contributed by atoms with E-state index in [0.717, 1.165) is 22.3 Å². The number of carboxylic acids is 1. The first-order valence-electron chi connectivity index (χ1n) is 10.9. The van der Waals surface area contributed by atoms with Gasteiger partial charge in [0.05, 0.1) is 0 Å². The van der Waals surface area contributed by atoms with Crippen LogP contribution in [-0.4, -0.2) is 52.7 Å². The number of carboxylic acid groups (broad SMARTS) is 1. The molecule has 2 saturated heterocycles. The Morgan fingerprint density at radius 1 is 1.09 bits per heavy atom. The monoisotopic (exact) mass is 434 g/mol. The van der Waals surface area contributed by atoms with Crippen molar-refractivity contribution in [3.63, 3.8) is 0 Å². The van der Waals surface area contributed by atoms with E-state index in [1.54, 1.807) is 6.92 Å². The Morgan fingerprint density at radius 3 is 2.22 bits per heavy atom. The van der Waals surface area contributed by atoms with Gasteiger partial charge in [0, 0.05) is 12.5 Å². The molecule has 6 rings (SSSR count). The second-order valence-electron chi connectivity index (χ2n) is 9.62. The number of carbonyl (C=O) groups is 3. The summed E-state index contributed by atoms with van der Waals surface area (Å²) < 4.78 is 5.52. The minimum atomic E-state index is -1.14. The van der Waals surface area contributed by atoms with E-state index in [9.17, 15) is 19.5 Å². The van der Waals surface area contributed by atoms with E-state index in [0.29, 0.717) is 19.4 Å². The Hall–Kier alpha value is -3.35. The fourth-order valence-electron chi connectivity index (χ4n) is 5.86. The summed E-state index contributed by atoms with van der Waals surface area (Å²) in [5.74, 6) is -1.43. The molecular formula is C25H26N2O5. The van der Waals surface area contributed by atoms with E-state index < -0.39 is 23.6 Å². The van der Waals surface area contributed by atoms with Crippen molar-refractivity contribution in [3.05, 3.63) is 59.7 Å². The van der Waals surface area contributed by atoms with Crippen molar-refractivity contribution >= 4 is 18.0 Å². The van der Waals surface area contributed by atoms with E-state index >= 15 is 0 Å². The van der Waals surface area contributed by atoms with E-state index in [1.165, 1.54) is 4.90 Å². The highest BCUT2D eigenvalue weighted by atomic mass is 16.5. The maximum Gasteiger partial charge on any atom is 0.407 e. The van der Waals surface area contributed by atoms with Crippen LogP contribution in [0.1, 0.15) is 43.7 Å². The van der Waals surface area contributed by atoms with Crippen molar-refractivity contribution in [3.8, 4) is 11.1 Å². The number of fused-ring (bicyclic) bond motifs is 4. The maximum atomic E-state index is 12.9. The Labute approximate surface area is 186 Å². The molecule has 166 valence electrons. The fourth-order valence-corrected chi connectivity index (χ4v) is 5.86. The van der Waals surface area contributed by atoms with E-state index in [2.05, 4.69) is 17.4 Å². The first-order chi connectivity index (χ1) is 15.2. The Balaban J connectivity index is 1.23. The van der Waals surface area contributed by atoms with Crippen LogP contribution in [0.5, 0.6) is 0 Å². The van der Waals surface area contributed by atoms with Crippen molar-refractivity contribution in [1.82, 2.24) is 10.2 Å². The van der Waals surface area contributed by atoms with Crippen LogP contribution in [0, 0.1) is 5.41 Å². The molecular weight excluding hydrogens is 408 g/mol. The summed E-state index contributed by atoms with van der Waals surface area (Å²) in [6, 6.07) is 15.3. The minimum Gasteiger partial charge on any atom is -0.479 e. The van der Waals surface area contributed by atoms with Crippen LogP contribution < -0.4 is 5.32 Å². The number of alkyl carbamates (subject to hydrolysis) is 1. The van der Waals surface area contributed by atoms with Gasteiger partial charge in [0.1, 0.15) is 18.2 Å². The summed E-state index contributed by atoms with van der Waals surface area (Å²) in [4.78, 5) is 38.7. The smallest absolute Gasteiger partial charge is 0.407 e. The lowest BCUT2D eigenvalue weighted by Gasteiger charge is -2.42. The topological polar surface area (TPSA) is 95.9 Å². The zero-order valence-electron chi connectivity index (χ0n) is 18.1. The van der Waals surface area contributed by atoms with Crippen molar-refractivity contribution in [2.24, 2.45) is 5.41 Å². The third-order valence-electron chi connectivity index (χ3n) is 7.21. The number of ether oxygens (including phenoxy) is 1. The summed E-state index contributed by atoms with van der Waals surface area (Å²) in [5, 5.41) is 12.3. The molecule has 2 aliphatic heterocycles. The van der Waals surface area contributed by atoms with Gasteiger partial charge in [0.25, 0.3) is 0 Å². The van der Waals surface area contributed by atoms with Gasteiger partial charge in [-0.2, -0.15) is 0 Å². The maximum absolute atomic E-state index is 12.9. The summed E-state index contributed by atoms with van der Waals surface area (Å²) in [6.45, 7) is 4.11.